The summed E-state index contributed by atoms with van der Waals surface area (Å²) in [4.78, 5) is 28.6. The van der Waals surface area contributed by atoms with Crippen LogP contribution in [0, 0.1) is 11.8 Å². The molecule has 0 aliphatic carbocycles. The number of carbonyl (C=O) groups is 1. The summed E-state index contributed by atoms with van der Waals surface area (Å²) in [7, 11) is -4.25. The van der Waals surface area contributed by atoms with Crippen molar-refractivity contribution in [3.05, 3.63) is 54.2 Å². The maximum absolute atomic E-state index is 13.4. The van der Waals surface area contributed by atoms with Gasteiger partial charge >= 0.3 is 0 Å². The molecule has 39 heavy (non-hydrogen) atoms. The molecule has 0 spiro atoms. The lowest BCUT2D eigenvalue weighted by Crippen LogP contribution is -2.41. The Bertz CT molecular complexity index is 1450. The molecule has 0 saturated carbocycles. The zero-order valence-corrected chi connectivity index (χ0v) is 23.8. The van der Waals surface area contributed by atoms with Crippen LogP contribution in [-0.4, -0.2) is 48.0 Å². The van der Waals surface area contributed by atoms with E-state index < -0.39 is 15.9 Å². The molecule has 1 aliphatic rings. The highest BCUT2D eigenvalue weighted by Crippen LogP contribution is 2.38. The topological polar surface area (TPSA) is 140 Å². The van der Waals surface area contributed by atoms with Crippen LogP contribution in [0.1, 0.15) is 59.2 Å². The Labute approximate surface area is 231 Å². The molecule has 10 nitrogen and oxygen atoms in total. The molecular formula is C28H38N6O4S. The summed E-state index contributed by atoms with van der Waals surface area (Å²) in [5.74, 6) is 1.09. The Morgan fingerprint density at radius 1 is 1.21 bits per heavy atom. The molecule has 1 unspecified atom stereocenters. The van der Waals surface area contributed by atoms with Gasteiger partial charge < -0.3 is 15.4 Å². The largest absolute Gasteiger partial charge is 0.478 e. The summed E-state index contributed by atoms with van der Waals surface area (Å²) in [6, 6.07) is 11.2. The first kappa shape index (κ1) is 28.3. The lowest BCUT2D eigenvalue weighted by Gasteiger charge is -2.34. The molecule has 1 amide bonds. The summed E-state index contributed by atoms with van der Waals surface area (Å²) in [6.45, 7) is 11.9. The van der Waals surface area contributed by atoms with E-state index in [0.29, 0.717) is 42.4 Å². The van der Waals surface area contributed by atoms with Gasteiger partial charge in [0.25, 0.3) is 15.9 Å². The first-order chi connectivity index (χ1) is 18.4. The van der Waals surface area contributed by atoms with Gasteiger partial charge in [-0.15, -0.1) is 0 Å². The van der Waals surface area contributed by atoms with Crippen LogP contribution < -0.4 is 20.1 Å². The van der Waals surface area contributed by atoms with Crippen molar-refractivity contribution in [3.63, 3.8) is 0 Å². The second-order valence-electron chi connectivity index (χ2n) is 11.1. The minimum Gasteiger partial charge on any atom is -0.478 e. The third kappa shape index (κ3) is 6.65. The fraction of sp³-hybridized carbons (Fsp3) is 0.429. The monoisotopic (exact) mass is 554 g/mol. The van der Waals surface area contributed by atoms with Crippen molar-refractivity contribution >= 4 is 27.6 Å². The van der Waals surface area contributed by atoms with E-state index >= 15 is 0 Å². The van der Waals surface area contributed by atoms with E-state index in [1.165, 1.54) is 18.2 Å². The van der Waals surface area contributed by atoms with Crippen molar-refractivity contribution in [2.24, 2.45) is 11.8 Å². The fourth-order valence-corrected chi connectivity index (χ4v) is 5.72. The van der Waals surface area contributed by atoms with E-state index in [9.17, 15) is 13.2 Å². The van der Waals surface area contributed by atoms with Gasteiger partial charge in [0.2, 0.25) is 5.88 Å². The van der Waals surface area contributed by atoms with Gasteiger partial charge in [0, 0.05) is 31.3 Å². The SMILES string of the molecule is CC(C)CCOc1ccc(-c2ccc(C(=O)NS(=O)(=O)c3cccc(N)n3)c(N3CC(C)CC3(C)C)n2)cn1.[HH]. The minimum absolute atomic E-state index is 0. The van der Waals surface area contributed by atoms with Gasteiger partial charge in [0.15, 0.2) is 5.03 Å². The van der Waals surface area contributed by atoms with E-state index in [1.54, 1.807) is 24.4 Å². The summed E-state index contributed by atoms with van der Waals surface area (Å²) < 4.78 is 33.7. The van der Waals surface area contributed by atoms with Gasteiger partial charge in [-0.3, -0.25) is 4.79 Å². The average molecular weight is 555 g/mol. The Hall–Kier alpha value is -3.73. The van der Waals surface area contributed by atoms with E-state index in [0.717, 1.165) is 18.4 Å². The predicted octanol–water partition coefficient (Wildman–Crippen LogP) is 4.54. The molecule has 4 rings (SSSR count). The molecule has 3 aromatic heterocycles. The first-order valence-electron chi connectivity index (χ1n) is 13.0. The van der Waals surface area contributed by atoms with Crippen LogP contribution >= 0.6 is 0 Å². The van der Waals surface area contributed by atoms with Gasteiger partial charge in [-0.25, -0.2) is 19.7 Å². The van der Waals surface area contributed by atoms with Crippen molar-refractivity contribution in [3.8, 4) is 17.1 Å². The minimum atomic E-state index is -4.25. The Balaban J connectivity index is 0.00000441. The number of sulfonamides is 1. The number of nitrogens with one attached hydrogen (secondary N) is 1. The number of anilines is 2. The van der Waals surface area contributed by atoms with Crippen molar-refractivity contribution in [2.75, 3.05) is 23.8 Å². The standard InChI is InChI=1S/C28H36N6O4S.H2/c1-18(2)13-14-38-24-12-9-20(16-30-24)22-11-10-21(26(31-22)34-17-19(3)15-28(34,4)5)27(35)33-39(36,37)25-8-6-7-23(29)32-25;/h6-12,16,18-19H,13-15,17H2,1-5H3,(H2,29,32)(H,33,35);1H. The molecular weight excluding hydrogens is 516 g/mol. The highest BCUT2D eigenvalue weighted by molar-refractivity contribution is 7.90. The average Bonchev–Trinajstić information content (AvgIpc) is 3.15. The smallest absolute Gasteiger partial charge is 0.281 e. The molecule has 3 aromatic rings. The first-order valence-corrected chi connectivity index (χ1v) is 14.5. The van der Waals surface area contributed by atoms with Crippen molar-refractivity contribution in [2.45, 2.75) is 58.0 Å². The summed E-state index contributed by atoms with van der Waals surface area (Å²) in [5.41, 5.74) is 6.86. The molecule has 0 bridgehead atoms. The quantitative estimate of drug-likeness (QED) is 0.390. The second-order valence-corrected chi connectivity index (χ2v) is 12.7. The molecule has 1 fully saturated rings. The van der Waals surface area contributed by atoms with Crippen LogP contribution in [-0.2, 0) is 10.0 Å². The van der Waals surface area contributed by atoms with E-state index in [4.69, 9.17) is 15.5 Å². The van der Waals surface area contributed by atoms with Gasteiger partial charge in [-0.2, -0.15) is 8.42 Å². The fourth-order valence-electron chi connectivity index (χ4n) is 4.78. The van der Waals surface area contributed by atoms with Crippen molar-refractivity contribution < 1.29 is 19.4 Å². The van der Waals surface area contributed by atoms with Gasteiger partial charge in [-0.05, 0) is 68.9 Å². The van der Waals surface area contributed by atoms with E-state index in [-0.39, 0.29) is 23.4 Å². The van der Waals surface area contributed by atoms with E-state index in [1.807, 2.05) is 6.07 Å². The number of amides is 1. The van der Waals surface area contributed by atoms with Crippen LogP contribution in [0.15, 0.2) is 53.7 Å². The van der Waals surface area contributed by atoms with Crippen LogP contribution in [0.2, 0.25) is 0 Å². The number of rotatable bonds is 9. The molecule has 4 heterocycles. The third-order valence-electron chi connectivity index (χ3n) is 6.67. The van der Waals surface area contributed by atoms with Gasteiger partial charge in [0.1, 0.15) is 11.6 Å². The Morgan fingerprint density at radius 2 is 1.97 bits per heavy atom. The lowest BCUT2D eigenvalue weighted by molar-refractivity contribution is 0.0981. The third-order valence-corrected chi connectivity index (χ3v) is 7.91. The highest BCUT2D eigenvalue weighted by Gasteiger charge is 2.39. The number of nitrogens with zero attached hydrogens (tertiary/aromatic N) is 4. The molecule has 1 aliphatic heterocycles. The number of hydrogen-bond acceptors (Lipinski definition) is 9. The maximum Gasteiger partial charge on any atom is 0.281 e. The maximum atomic E-state index is 13.4. The van der Waals surface area contributed by atoms with E-state index in [2.05, 4.69) is 54.2 Å². The van der Waals surface area contributed by atoms with Crippen molar-refractivity contribution in [1.82, 2.24) is 19.7 Å². The number of ether oxygens (including phenoxy) is 1. The van der Waals surface area contributed by atoms with Crippen LogP contribution in [0.5, 0.6) is 5.88 Å². The van der Waals surface area contributed by atoms with Crippen LogP contribution in [0.3, 0.4) is 0 Å². The number of nitrogens with two attached hydrogens (primary N) is 1. The number of hydrogen-bond donors (Lipinski definition) is 2. The Morgan fingerprint density at radius 3 is 2.59 bits per heavy atom. The molecule has 0 radical (unpaired) electrons. The number of pyridine rings is 3. The highest BCUT2D eigenvalue weighted by atomic mass is 32.2. The zero-order chi connectivity index (χ0) is 28.4. The normalized spacial score (nSPS) is 16.9. The van der Waals surface area contributed by atoms with Crippen LogP contribution in [0.25, 0.3) is 11.3 Å². The van der Waals surface area contributed by atoms with Gasteiger partial charge in [-0.1, -0.05) is 26.8 Å². The zero-order valence-electron chi connectivity index (χ0n) is 23.0. The molecule has 1 saturated heterocycles. The van der Waals surface area contributed by atoms with Crippen LogP contribution in [0.4, 0.5) is 11.6 Å². The van der Waals surface area contributed by atoms with Crippen molar-refractivity contribution in [1.29, 1.82) is 0 Å². The second kappa shape index (κ2) is 11.2. The molecule has 1 atom stereocenters. The number of aromatic nitrogens is 3. The summed E-state index contributed by atoms with van der Waals surface area (Å²) in [6.07, 6.45) is 3.52. The molecule has 3 N–H and O–H groups in total. The summed E-state index contributed by atoms with van der Waals surface area (Å²) in [5, 5.41) is -0.334. The summed E-state index contributed by atoms with van der Waals surface area (Å²) >= 11 is 0. The predicted molar refractivity (Wildman–Crippen MR) is 153 cm³/mol. The molecule has 11 heteroatoms. The molecule has 0 aromatic carbocycles. The number of nitrogen functional groups attached to an aromatic ring is 1. The molecule has 210 valence electrons. The number of carbonyl (C=O) groups excluding carboxylic acids is 1. The lowest BCUT2D eigenvalue weighted by atomic mass is 9.97. The Kier molecular flexibility index (Phi) is 8.10. The van der Waals surface area contributed by atoms with Gasteiger partial charge in [0.05, 0.1) is 17.9 Å².